The molecule has 0 spiro atoms. The van der Waals surface area contributed by atoms with Gasteiger partial charge in [0.05, 0.1) is 0 Å². The molecule has 174 valence electrons. The number of unbranched alkanes of at least 4 members (excludes halogenated alkanes) is 1. The van der Waals surface area contributed by atoms with E-state index in [4.69, 9.17) is 0 Å². The van der Waals surface area contributed by atoms with Crippen LogP contribution in [0, 0.1) is 0 Å². The highest BCUT2D eigenvalue weighted by molar-refractivity contribution is 7.91. The SMILES string of the molecule is CCCCc1ccc(C2CCN(S(=O)(=O)C3(C(=O)NO)CCN(CC)CC3)CC2)nc1. The lowest BCUT2D eigenvalue weighted by molar-refractivity contribution is -0.133. The van der Waals surface area contributed by atoms with E-state index in [1.165, 1.54) is 9.87 Å². The average molecular weight is 453 g/mol. The van der Waals surface area contributed by atoms with Crippen LogP contribution in [0.1, 0.15) is 69.5 Å². The molecular formula is C22H36N4O4S. The minimum absolute atomic E-state index is 0.191. The second-order valence-electron chi connectivity index (χ2n) is 8.74. The number of aromatic nitrogens is 1. The van der Waals surface area contributed by atoms with E-state index in [0.717, 1.165) is 31.5 Å². The third-order valence-electron chi connectivity index (χ3n) is 7.00. The average Bonchev–Trinajstić information content (AvgIpc) is 2.82. The molecule has 9 heteroatoms. The lowest BCUT2D eigenvalue weighted by Gasteiger charge is -2.43. The summed E-state index contributed by atoms with van der Waals surface area (Å²) in [6.45, 7) is 6.77. The molecule has 0 atom stereocenters. The van der Waals surface area contributed by atoms with Crippen molar-refractivity contribution < 1.29 is 18.4 Å². The molecule has 0 unspecified atom stereocenters. The van der Waals surface area contributed by atoms with Gasteiger partial charge < -0.3 is 4.90 Å². The molecule has 0 aliphatic carbocycles. The molecule has 0 aromatic carbocycles. The Morgan fingerprint density at radius 2 is 1.87 bits per heavy atom. The molecule has 0 saturated carbocycles. The third kappa shape index (κ3) is 4.94. The van der Waals surface area contributed by atoms with E-state index >= 15 is 0 Å². The van der Waals surface area contributed by atoms with Gasteiger partial charge in [0.1, 0.15) is 0 Å². The normalized spacial score (nSPS) is 21.1. The summed E-state index contributed by atoms with van der Waals surface area (Å²) >= 11 is 0. The summed E-state index contributed by atoms with van der Waals surface area (Å²) in [5, 5.41) is 9.30. The number of sulfonamides is 1. The highest BCUT2D eigenvalue weighted by Crippen LogP contribution is 2.37. The fourth-order valence-electron chi connectivity index (χ4n) is 4.78. The minimum Gasteiger partial charge on any atom is -0.303 e. The zero-order valence-electron chi connectivity index (χ0n) is 18.7. The van der Waals surface area contributed by atoms with E-state index in [1.807, 2.05) is 13.1 Å². The van der Waals surface area contributed by atoms with Crippen molar-refractivity contribution in [2.45, 2.75) is 69.5 Å². The van der Waals surface area contributed by atoms with Crippen LogP contribution in [0.25, 0.3) is 0 Å². The van der Waals surface area contributed by atoms with Gasteiger partial charge in [-0.05, 0) is 56.7 Å². The molecule has 2 saturated heterocycles. The van der Waals surface area contributed by atoms with Gasteiger partial charge in [-0.2, -0.15) is 0 Å². The summed E-state index contributed by atoms with van der Waals surface area (Å²) in [7, 11) is -3.90. The van der Waals surface area contributed by atoms with Gasteiger partial charge in [-0.15, -0.1) is 0 Å². The number of hydrogen-bond acceptors (Lipinski definition) is 6. The van der Waals surface area contributed by atoms with Crippen LogP contribution in [-0.2, 0) is 21.2 Å². The Morgan fingerprint density at radius 3 is 2.39 bits per heavy atom. The van der Waals surface area contributed by atoms with E-state index in [2.05, 4.69) is 28.9 Å². The topological polar surface area (TPSA) is 103 Å². The van der Waals surface area contributed by atoms with E-state index in [1.54, 1.807) is 5.48 Å². The Morgan fingerprint density at radius 1 is 1.19 bits per heavy atom. The van der Waals surface area contributed by atoms with Crippen molar-refractivity contribution in [3.05, 3.63) is 29.6 Å². The molecule has 31 heavy (non-hydrogen) atoms. The maximum absolute atomic E-state index is 13.6. The summed E-state index contributed by atoms with van der Waals surface area (Å²) in [4.78, 5) is 19.3. The van der Waals surface area contributed by atoms with Crippen molar-refractivity contribution in [1.29, 1.82) is 0 Å². The predicted molar refractivity (Wildman–Crippen MR) is 119 cm³/mol. The maximum Gasteiger partial charge on any atom is 0.266 e. The molecule has 2 fully saturated rings. The Hall–Kier alpha value is -1.55. The van der Waals surface area contributed by atoms with Crippen molar-refractivity contribution >= 4 is 15.9 Å². The number of nitrogens with one attached hydrogen (secondary N) is 1. The van der Waals surface area contributed by atoms with Gasteiger partial charge in [-0.3, -0.25) is 15.0 Å². The van der Waals surface area contributed by atoms with Crippen LogP contribution in [0.3, 0.4) is 0 Å². The lowest BCUT2D eigenvalue weighted by Crippen LogP contribution is -2.62. The number of aryl methyl sites for hydroxylation is 1. The van der Waals surface area contributed by atoms with Crippen LogP contribution in [0.2, 0.25) is 0 Å². The molecule has 1 aromatic rings. The van der Waals surface area contributed by atoms with Crippen molar-refractivity contribution in [3.63, 3.8) is 0 Å². The molecule has 1 amide bonds. The Labute approximate surface area is 186 Å². The molecule has 2 aliphatic heterocycles. The van der Waals surface area contributed by atoms with Crippen LogP contribution in [-0.4, -0.2) is 71.2 Å². The smallest absolute Gasteiger partial charge is 0.266 e. The number of carbonyl (C=O) groups is 1. The molecule has 2 N–H and O–H groups in total. The van der Waals surface area contributed by atoms with Gasteiger partial charge in [0, 0.05) is 44.0 Å². The number of amides is 1. The van der Waals surface area contributed by atoms with Crippen molar-refractivity contribution in [2.24, 2.45) is 0 Å². The van der Waals surface area contributed by atoms with Crippen molar-refractivity contribution in [2.75, 3.05) is 32.7 Å². The van der Waals surface area contributed by atoms with Crippen LogP contribution in [0.5, 0.6) is 0 Å². The van der Waals surface area contributed by atoms with E-state index in [0.29, 0.717) is 39.0 Å². The third-order valence-corrected chi connectivity index (χ3v) is 9.63. The standard InChI is InChI=1S/C22H36N4O4S/c1-3-5-6-18-7-8-20(23-17-18)19-9-13-26(14-10-19)31(29,30)22(21(27)24-28)11-15-25(4-2)16-12-22/h7-8,17,19,28H,3-6,9-16H2,1-2H3,(H,24,27). The summed E-state index contributed by atoms with van der Waals surface area (Å²) in [6.07, 6.45) is 7.02. The number of rotatable bonds is 8. The van der Waals surface area contributed by atoms with Gasteiger partial charge in [0.2, 0.25) is 10.0 Å². The number of hydrogen-bond donors (Lipinski definition) is 2. The van der Waals surface area contributed by atoms with Gasteiger partial charge >= 0.3 is 0 Å². The molecule has 8 nitrogen and oxygen atoms in total. The zero-order valence-corrected chi connectivity index (χ0v) is 19.5. The number of pyridine rings is 1. The summed E-state index contributed by atoms with van der Waals surface area (Å²) < 4.78 is 27.0. The largest absolute Gasteiger partial charge is 0.303 e. The lowest BCUT2D eigenvalue weighted by atomic mass is 9.93. The number of carbonyl (C=O) groups excluding carboxylic acids is 1. The minimum atomic E-state index is -3.90. The number of hydroxylamine groups is 1. The Kier molecular flexibility index (Phi) is 8.07. The van der Waals surface area contributed by atoms with Gasteiger partial charge in [0.15, 0.2) is 4.75 Å². The van der Waals surface area contributed by atoms with Crippen LogP contribution in [0.4, 0.5) is 0 Å². The molecular weight excluding hydrogens is 416 g/mol. The predicted octanol–water partition coefficient (Wildman–Crippen LogP) is 2.29. The highest BCUT2D eigenvalue weighted by atomic mass is 32.2. The first kappa shape index (κ1) is 24.1. The first-order valence-electron chi connectivity index (χ1n) is 11.5. The first-order valence-corrected chi connectivity index (χ1v) is 12.9. The van der Waals surface area contributed by atoms with Gasteiger partial charge in [-0.25, -0.2) is 18.2 Å². The number of piperidine rings is 2. The van der Waals surface area contributed by atoms with Crippen molar-refractivity contribution in [3.8, 4) is 0 Å². The van der Waals surface area contributed by atoms with Gasteiger partial charge in [-0.1, -0.05) is 26.3 Å². The van der Waals surface area contributed by atoms with Crippen LogP contribution in [0.15, 0.2) is 18.3 Å². The summed E-state index contributed by atoms with van der Waals surface area (Å²) in [5.74, 6) is -0.592. The Balaban J connectivity index is 1.68. The second-order valence-corrected chi connectivity index (χ2v) is 11.0. The maximum atomic E-state index is 13.6. The Bertz CT molecular complexity index is 828. The zero-order chi connectivity index (χ0) is 22.5. The fraction of sp³-hybridized carbons (Fsp3) is 0.727. The van der Waals surface area contributed by atoms with E-state index in [-0.39, 0.29) is 18.8 Å². The van der Waals surface area contributed by atoms with Crippen LogP contribution >= 0.6 is 0 Å². The molecule has 2 aliphatic rings. The van der Waals surface area contributed by atoms with Gasteiger partial charge in [0.25, 0.3) is 5.91 Å². The second kappa shape index (κ2) is 10.4. The quantitative estimate of drug-likeness (QED) is 0.463. The molecule has 0 radical (unpaired) electrons. The van der Waals surface area contributed by atoms with Crippen LogP contribution < -0.4 is 5.48 Å². The molecule has 1 aromatic heterocycles. The monoisotopic (exact) mass is 452 g/mol. The molecule has 3 rings (SSSR count). The van der Waals surface area contributed by atoms with E-state index in [9.17, 15) is 18.4 Å². The summed E-state index contributed by atoms with van der Waals surface area (Å²) in [6, 6.07) is 4.20. The van der Waals surface area contributed by atoms with E-state index < -0.39 is 20.7 Å². The number of likely N-dealkylation sites (tertiary alicyclic amines) is 1. The molecule has 0 bridgehead atoms. The summed E-state index contributed by atoms with van der Waals surface area (Å²) in [5.41, 5.74) is 3.88. The fourth-order valence-corrected chi connectivity index (χ4v) is 6.94. The first-order chi connectivity index (χ1) is 14.9. The highest BCUT2D eigenvalue weighted by Gasteiger charge is 2.55. The van der Waals surface area contributed by atoms with Crippen molar-refractivity contribution in [1.82, 2.24) is 19.7 Å². The molecule has 3 heterocycles. The number of nitrogens with zero attached hydrogens (tertiary/aromatic N) is 3.